The first-order chi connectivity index (χ1) is 13.1. The van der Waals surface area contributed by atoms with E-state index in [0.717, 1.165) is 11.3 Å². The molecule has 0 bridgehead atoms. The molecule has 2 aromatic carbocycles. The largest absolute Gasteiger partial charge is 0.496 e. The van der Waals surface area contributed by atoms with Gasteiger partial charge in [-0.1, -0.05) is 24.3 Å². The van der Waals surface area contributed by atoms with Gasteiger partial charge in [-0.2, -0.15) is 0 Å². The van der Waals surface area contributed by atoms with Crippen LogP contribution in [-0.4, -0.2) is 38.9 Å². The van der Waals surface area contributed by atoms with Crippen LogP contribution >= 0.6 is 0 Å². The number of para-hydroxylation sites is 1. The predicted molar refractivity (Wildman–Crippen MR) is 102 cm³/mol. The van der Waals surface area contributed by atoms with Crippen LogP contribution in [-0.2, 0) is 16.0 Å². The fourth-order valence-electron chi connectivity index (χ4n) is 2.39. The molecule has 2 N–H and O–H groups in total. The summed E-state index contributed by atoms with van der Waals surface area (Å²) in [6.07, 6.45) is 0.123. The zero-order chi connectivity index (χ0) is 19.5. The summed E-state index contributed by atoms with van der Waals surface area (Å²) in [7, 11) is 1.62. The highest BCUT2D eigenvalue weighted by Gasteiger charge is 2.07. The van der Waals surface area contributed by atoms with E-state index in [9.17, 15) is 9.59 Å². The van der Waals surface area contributed by atoms with E-state index in [4.69, 9.17) is 14.2 Å². The SMILES string of the molecule is CCOC(=O)Nc1cccc(OCC(=O)NCCc2ccccc2OC)c1. The minimum Gasteiger partial charge on any atom is -0.496 e. The number of methoxy groups -OCH3 is 1. The summed E-state index contributed by atoms with van der Waals surface area (Å²) >= 11 is 0. The first kappa shape index (κ1) is 20.1. The van der Waals surface area contributed by atoms with Crippen molar-refractivity contribution in [2.24, 2.45) is 0 Å². The Labute approximate surface area is 158 Å². The normalized spacial score (nSPS) is 10.0. The minimum atomic E-state index is -0.538. The van der Waals surface area contributed by atoms with Gasteiger partial charge in [-0.25, -0.2) is 4.79 Å². The van der Waals surface area contributed by atoms with Crippen LogP contribution in [0.25, 0.3) is 0 Å². The molecule has 0 fully saturated rings. The summed E-state index contributed by atoms with van der Waals surface area (Å²) < 4.78 is 15.6. The first-order valence-corrected chi connectivity index (χ1v) is 8.67. The maximum absolute atomic E-state index is 12.0. The van der Waals surface area contributed by atoms with Crippen molar-refractivity contribution in [2.45, 2.75) is 13.3 Å². The minimum absolute atomic E-state index is 0.116. The number of hydrogen-bond acceptors (Lipinski definition) is 5. The topological polar surface area (TPSA) is 85.9 Å². The highest BCUT2D eigenvalue weighted by Crippen LogP contribution is 2.18. The molecule has 0 unspecified atom stereocenters. The van der Waals surface area contributed by atoms with Crippen LogP contribution in [0.2, 0.25) is 0 Å². The smallest absolute Gasteiger partial charge is 0.411 e. The van der Waals surface area contributed by atoms with Crippen molar-refractivity contribution in [2.75, 3.05) is 32.2 Å². The first-order valence-electron chi connectivity index (χ1n) is 8.67. The van der Waals surface area contributed by atoms with Gasteiger partial charge in [-0.3, -0.25) is 10.1 Å². The van der Waals surface area contributed by atoms with Gasteiger partial charge in [0.1, 0.15) is 11.5 Å². The summed E-state index contributed by atoms with van der Waals surface area (Å²) in [5.41, 5.74) is 1.56. The summed E-state index contributed by atoms with van der Waals surface area (Å²) in [5, 5.41) is 5.39. The number of amides is 2. The molecule has 0 aliphatic carbocycles. The molecule has 0 aliphatic rings. The zero-order valence-corrected chi connectivity index (χ0v) is 15.5. The molecule has 0 saturated carbocycles. The zero-order valence-electron chi connectivity index (χ0n) is 15.5. The van der Waals surface area contributed by atoms with Crippen LogP contribution in [0.5, 0.6) is 11.5 Å². The van der Waals surface area contributed by atoms with Crippen LogP contribution < -0.4 is 20.1 Å². The maximum Gasteiger partial charge on any atom is 0.411 e. The number of carbonyl (C=O) groups excluding carboxylic acids is 2. The number of anilines is 1. The van der Waals surface area contributed by atoms with E-state index in [1.165, 1.54) is 0 Å². The molecule has 0 aromatic heterocycles. The van der Waals surface area contributed by atoms with Gasteiger partial charge in [0.15, 0.2) is 6.61 Å². The average Bonchev–Trinajstić information content (AvgIpc) is 2.67. The van der Waals surface area contributed by atoms with Crippen LogP contribution in [0, 0.1) is 0 Å². The molecule has 0 aliphatic heterocycles. The van der Waals surface area contributed by atoms with Gasteiger partial charge >= 0.3 is 6.09 Å². The highest BCUT2D eigenvalue weighted by molar-refractivity contribution is 5.84. The fourth-order valence-corrected chi connectivity index (χ4v) is 2.39. The predicted octanol–water partition coefficient (Wildman–Crippen LogP) is 3.00. The standard InChI is InChI=1S/C20H24N2O5/c1-3-26-20(24)22-16-8-6-9-17(13-16)27-14-19(23)21-12-11-15-7-4-5-10-18(15)25-2/h4-10,13H,3,11-12,14H2,1-2H3,(H,21,23)(H,22,24). The lowest BCUT2D eigenvalue weighted by Crippen LogP contribution is -2.30. The Bertz CT molecular complexity index is 764. The molecule has 7 nitrogen and oxygen atoms in total. The quantitative estimate of drug-likeness (QED) is 0.707. The molecule has 0 atom stereocenters. The van der Waals surface area contributed by atoms with E-state index >= 15 is 0 Å². The van der Waals surface area contributed by atoms with Gasteiger partial charge in [0.05, 0.1) is 13.7 Å². The molecule has 2 amide bonds. The Morgan fingerprint density at radius 2 is 1.89 bits per heavy atom. The lowest BCUT2D eigenvalue weighted by atomic mass is 10.1. The molecule has 0 heterocycles. The van der Waals surface area contributed by atoms with Crippen molar-refractivity contribution in [1.29, 1.82) is 0 Å². The van der Waals surface area contributed by atoms with Crippen LogP contribution in [0.15, 0.2) is 48.5 Å². The number of benzene rings is 2. The van der Waals surface area contributed by atoms with E-state index in [1.54, 1.807) is 38.3 Å². The van der Waals surface area contributed by atoms with Crippen LogP contribution in [0.3, 0.4) is 0 Å². The van der Waals surface area contributed by atoms with Crippen molar-refractivity contribution in [3.05, 3.63) is 54.1 Å². The van der Waals surface area contributed by atoms with Crippen molar-refractivity contribution in [3.8, 4) is 11.5 Å². The number of hydrogen-bond donors (Lipinski definition) is 2. The Balaban J connectivity index is 1.76. The third kappa shape index (κ3) is 6.89. The van der Waals surface area contributed by atoms with Crippen LogP contribution in [0.1, 0.15) is 12.5 Å². The molecule has 0 spiro atoms. The average molecular weight is 372 g/mol. The van der Waals surface area contributed by atoms with Crippen molar-refractivity contribution < 1.29 is 23.8 Å². The third-order valence-corrected chi connectivity index (χ3v) is 3.63. The molecule has 27 heavy (non-hydrogen) atoms. The van der Waals surface area contributed by atoms with E-state index in [1.807, 2.05) is 24.3 Å². The van der Waals surface area contributed by atoms with Crippen LogP contribution in [0.4, 0.5) is 10.5 Å². The summed E-state index contributed by atoms with van der Waals surface area (Å²) in [4.78, 5) is 23.4. The monoisotopic (exact) mass is 372 g/mol. The summed E-state index contributed by atoms with van der Waals surface area (Å²) in [6, 6.07) is 14.4. The second kappa shape index (κ2) is 10.7. The molecule has 0 radical (unpaired) electrons. The molecule has 2 aromatic rings. The Hall–Kier alpha value is -3.22. The van der Waals surface area contributed by atoms with E-state index in [2.05, 4.69) is 10.6 Å². The van der Waals surface area contributed by atoms with Gasteiger partial charge in [0.2, 0.25) is 0 Å². The maximum atomic E-state index is 12.0. The lowest BCUT2D eigenvalue weighted by molar-refractivity contribution is -0.123. The van der Waals surface area contributed by atoms with Crippen molar-refractivity contribution in [1.82, 2.24) is 5.32 Å². The number of ether oxygens (including phenoxy) is 3. The van der Waals surface area contributed by atoms with Gasteiger partial charge in [0, 0.05) is 18.3 Å². The molecular weight excluding hydrogens is 348 g/mol. The number of rotatable bonds is 9. The molecular formula is C20H24N2O5. The van der Waals surface area contributed by atoms with Crippen molar-refractivity contribution >= 4 is 17.7 Å². The third-order valence-electron chi connectivity index (χ3n) is 3.63. The van der Waals surface area contributed by atoms with Gasteiger partial charge in [-0.15, -0.1) is 0 Å². The summed E-state index contributed by atoms with van der Waals surface area (Å²) in [6.45, 7) is 2.38. The molecule has 144 valence electrons. The number of carbonyl (C=O) groups is 2. The lowest BCUT2D eigenvalue weighted by Gasteiger charge is -2.11. The molecule has 2 rings (SSSR count). The fraction of sp³-hybridized carbons (Fsp3) is 0.300. The van der Waals surface area contributed by atoms with Gasteiger partial charge in [0.25, 0.3) is 5.91 Å². The van der Waals surface area contributed by atoms with Crippen molar-refractivity contribution in [3.63, 3.8) is 0 Å². The van der Waals surface area contributed by atoms with Gasteiger partial charge in [-0.05, 0) is 37.1 Å². The van der Waals surface area contributed by atoms with E-state index in [0.29, 0.717) is 24.4 Å². The van der Waals surface area contributed by atoms with E-state index in [-0.39, 0.29) is 19.1 Å². The Morgan fingerprint density at radius 3 is 2.67 bits per heavy atom. The number of nitrogens with one attached hydrogen (secondary N) is 2. The Morgan fingerprint density at radius 1 is 1.07 bits per heavy atom. The van der Waals surface area contributed by atoms with E-state index < -0.39 is 6.09 Å². The second-order valence-electron chi connectivity index (χ2n) is 5.57. The summed E-state index contributed by atoms with van der Waals surface area (Å²) in [5.74, 6) is 1.05. The molecule has 0 saturated heterocycles. The molecule has 7 heteroatoms. The Kier molecular flexibility index (Phi) is 7.96. The second-order valence-corrected chi connectivity index (χ2v) is 5.57. The van der Waals surface area contributed by atoms with Gasteiger partial charge < -0.3 is 19.5 Å². The highest BCUT2D eigenvalue weighted by atomic mass is 16.5.